The molecular formula is C21H21ClN2O3. The van der Waals surface area contributed by atoms with E-state index in [4.69, 9.17) is 11.6 Å². The van der Waals surface area contributed by atoms with Gasteiger partial charge < -0.3 is 15.0 Å². The van der Waals surface area contributed by atoms with E-state index in [0.717, 1.165) is 11.1 Å². The number of carboxylic acid groups (broad SMARTS) is 1. The van der Waals surface area contributed by atoms with Crippen LogP contribution in [0.5, 0.6) is 0 Å². The van der Waals surface area contributed by atoms with Crippen LogP contribution in [0.3, 0.4) is 0 Å². The van der Waals surface area contributed by atoms with Gasteiger partial charge in [-0.15, -0.1) is 0 Å². The first-order chi connectivity index (χ1) is 12.9. The maximum atomic E-state index is 12.7. The predicted octanol–water partition coefficient (Wildman–Crippen LogP) is 4.52. The number of benzene rings is 2. The number of halogens is 1. The van der Waals surface area contributed by atoms with E-state index in [0.29, 0.717) is 17.0 Å². The third-order valence-corrected chi connectivity index (χ3v) is 5.04. The Hall–Kier alpha value is -2.79. The van der Waals surface area contributed by atoms with Gasteiger partial charge in [-0.3, -0.25) is 4.79 Å². The molecule has 0 unspecified atom stereocenters. The summed E-state index contributed by atoms with van der Waals surface area (Å²) < 4.78 is 1.24. The van der Waals surface area contributed by atoms with Crippen LogP contribution >= 0.6 is 11.6 Å². The SMILES string of the molecule is C[C@H](CNc1cccc2c(=O)n([C@H](C)C(=O)O)ccc12)c1ccc(Cl)cc1. The van der Waals surface area contributed by atoms with Crippen LogP contribution in [-0.4, -0.2) is 22.2 Å². The highest BCUT2D eigenvalue weighted by molar-refractivity contribution is 6.30. The first kappa shape index (κ1) is 19.0. The van der Waals surface area contributed by atoms with Crippen molar-refractivity contribution in [1.29, 1.82) is 0 Å². The summed E-state index contributed by atoms with van der Waals surface area (Å²) in [4.78, 5) is 23.9. The number of hydrogen-bond donors (Lipinski definition) is 2. The summed E-state index contributed by atoms with van der Waals surface area (Å²) in [5.74, 6) is -0.785. The molecule has 3 rings (SSSR count). The lowest BCUT2D eigenvalue weighted by Gasteiger charge is -2.17. The van der Waals surface area contributed by atoms with Crippen LogP contribution in [0.1, 0.15) is 31.4 Å². The molecule has 0 amide bonds. The minimum absolute atomic E-state index is 0.255. The van der Waals surface area contributed by atoms with E-state index in [-0.39, 0.29) is 11.5 Å². The van der Waals surface area contributed by atoms with Crippen LogP contribution in [0, 0.1) is 0 Å². The second kappa shape index (κ2) is 7.84. The Morgan fingerprint density at radius 3 is 2.48 bits per heavy atom. The topological polar surface area (TPSA) is 71.3 Å². The number of nitrogens with one attached hydrogen (secondary N) is 1. The molecule has 0 saturated heterocycles. The molecule has 1 heterocycles. The minimum Gasteiger partial charge on any atom is -0.480 e. The molecule has 0 aliphatic rings. The highest BCUT2D eigenvalue weighted by atomic mass is 35.5. The Balaban J connectivity index is 1.87. The zero-order valence-corrected chi connectivity index (χ0v) is 15.9. The van der Waals surface area contributed by atoms with Crippen molar-refractivity contribution in [2.24, 2.45) is 0 Å². The van der Waals surface area contributed by atoms with E-state index >= 15 is 0 Å². The molecule has 0 radical (unpaired) electrons. The third kappa shape index (κ3) is 3.98. The van der Waals surface area contributed by atoms with E-state index in [9.17, 15) is 14.7 Å². The number of carbonyl (C=O) groups is 1. The van der Waals surface area contributed by atoms with Crippen molar-refractivity contribution in [2.75, 3.05) is 11.9 Å². The van der Waals surface area contributed by atoms with Gasteiger partial charge in [-0.2, -0.15) is 0 Å². The number of hydrogen-bond acceptors (Lipinski definition) is 3. The highest BCUT2D eigenvalue weighted by Crippen LogP contribution is 2.24. The first-order valence-electron chi connectivity index (χ1n) is 8.74. The van der Waals surface area contributed by atoms with E-state index in [1.54, 1.807) is 18.2 Å². The van der Waals surface area contributed by atoms with Gasteiger partial charge in [0.05, 0.1) is 0 Å². The molecule has 2 atom stereocenters. The van der Waals surface area contributed by atoms with E-state index in [2.05, 4.69) is 12.2 Å². The normalized spacial score (nSPS) is 13.3. The van der Waals surface area contributed by atoms with Gasteiger partial charge in [0, 0.05) is 34.2 Å². The maximum absolute atomic E-state index is 12.7. The maximum Gasteiger partial charge on any atom is 0.326 e. The Morgan fingerprint density at radius 1 is 1.11 bits per heavy atom. The van der Waals surface area contributed by atoms with Crippen LogP contribution in [-0.2, 0) is 4.79 Å². The zero-order valence-electron chi connectivity index (χ0n) is 15.1. The Morgan fingerprint density at radius 2 is 1.81 bits per heavy atom. The Labute approximate surface area is 162 Å². The molecule has 0 aliphatic carbocycles. The van der Waals surface area contributed by atoms with E-state index in [1.807, 2.05) is 30.3 Å². The fourth-order valence-electron chi connectivity index (χ4n) is 3.04. The number of pyridine rings is 1. The average Bonchev–Trinajstić information content (AvgIpc) is 2.66. The zero-order chi connectivity index (χ0) is 19.6. The summed E-state index contributed by atoms with van der Waals surface area (Å²) in [6, 6.07) is 14.1. The molecule has 0 aliphatic heterocycles. The van der Waals surface area contributed by atoms with Crippen LogP contribution in [0.25, 0.3) is 10.8 Å². The number of nitrogens with zero attached hydrogens (tertiary/aromatic N) is 1. The van der Waals surface area contributed by atoms with Gasteiger partial charge in [-0.1, -0.05) is 36.7 Å². The molecule has 1 aromatic heterocycles. The van der Waals surface area contributed by atoms with Gasteiger partial charge in [-0.05, 0) is 48.7 Å². The van der Waals surface area contributed by atoms with E-state index < -0.39 is 12.0 Å². The fourth-order valence-corrected chi connectivity index (χ4v) is 3.17. The molecule has 3 aromatic rings. The summed E-state index contributed by atoms with van der Waals surface area (Å²) in [5, 5.41) is 14.6. The monoisotopic (exact) mass is 384 g/mol. The molecule has 0 spiro atoms. The second-order valence-corrected chi connectivity index (χ2v) is 7.08. The number of rotatable bonds is 6. The summed E-state index contributed by atoms with van der Waals surface area (Å²) in [6.45, 7) is 4.30. The number of aliphatic carboxylic acids is 1. The Kier molecular flexibility index (Phi) is 5.51. The number of fused-ring (bicyclic) bond motifs is 1. The molecule has 2 aromatic carbocycles. The standard InChI is InChI=1S/C21H21ClN2O3/c1-13(15-6-8-16(22)9-7-15)12-23-19-5-3-4-18-17(19)10-11-24(20(18)25)14(2)21(26)27/h3-11,13-14,23H,12H2,1-2H3,(H,26,27)/t13-,14-/m1/s1. The smallest absolute Gasteiger partial charge is 0.326 e. The Bertz CT molecular complexity index is 1030. The summed E-state index contributed by atoms with van der Waals surface area (Å²) in [7, 11) is 0. The fraction of sp³-hybridized carbons (Fsp3) is 0.238. The summed E-state index contributed by atoms with van der Waals surface area (Å²) in [6.07, 6.45) is 1.54. The summed E-state index contributed by atoms with van der Waals surface area (Å²) >= 11 is 5.94. The lowest BCUT2D eigenvalue weighted by atomic mass is 10.0. The molecular weight excluding hydrogens is 364 g/mol. The van der Waals surface area contributed by atoms with E-state index in [1.165, 1.54) is 23.3 Å². The van der Waals surface area contributed by atoms with Gasteiger partial charge >= 0.3 is 5.97 Å². The van der Waals surface area contributed by atoms with Gasteiger partial charge in [0.25, 0.3) is 5.56 Å². The molecule has 0 saturated carbocycles. The molecule has 27 heavy (non-hydrogen) atoms. The number of anilines is 1. The molecule has 0 fully saturated rings. The number of carboxylic acids is 1. The van der Waals surface area contributed by atoms with Crippen molar-refractivity contribution in [1.82, 2.24) is 4.57 Å². The molecule has 2 N–H and O–H groups in total. The van der Waals surface area contributed by atoms with Gasteiger partial charge in [-0.25, -0.2) is 4.79 Å². The molecule has 6 heteroatoms. The molecule has 5 nitrogen and oxygen atoms in total. The van der Waals surface area contributed by atoms with Crippen molar-refractivity contribution in [3.8, 4) is 0 Å². The van der Waals surface area contributed by atoms with Crippen molar-refractivity contribution in [3.05, 3.63) is 75.7 Å². The first-order valence-corrected chi connectivity index (χ1v) is 9.12. The van der Waals surface area contributed by atoms with Gasteiger partial charge in [0.2, 0.25) is 0 Å². The lowest BCUT2D eigenvalue weighted by Crippen LogP contribution is -2.27. The minimum atomic E-state index is -1.04. The van der Waals surface area contributed by atoms with Crippen molar-refractivity contribution in [3.63, 3.8) is 0 Å². The quantitative estimate of drug-likeness (QED) is 0.655. The van der Waals surface area contributed by atoms with Crippen LogP contribution in [0.2, 0.25) is 5.02 Å². The van der Waals surface area contributed by atoms with Crippen molar-refractivity contribution in [2.45, 2.75) is 25.8 Å². The lowest BCUT2D eigenvalue weighted by molar-refractivity contribution is -0.140. The molecule has 0 bridgehead atoms. The van der Waals surface area contributed by atoms with Crippen LogP contribution in [0.15, 0.2) is 59.5 Å². The highest BCUT2D eigenvalue weighted by Gasteiger charge is 2.16. The van der Waals surface area contributed by atoms with Gasteiger partial charge in [0.15, 0.2) is 0 Å². The predicted molar refractivity (Wildman–Crippen MR) is 109 cm³/mol. The van der Waals surface area contributed by atoms with Crippen LogP contribution in [0.4, 0.5) is 5.69 Å². The van der Waals surface area contributed by atoms with Crippen LogP contribution < -0.4 is 10.9 Å². The van der Waals surface area contributed by atoms with Crippen molar-refractivity contribution >= 4 is 34.0 Å². The largest absolute Gasteiger partial charge is 0.480 e. The van der Waals surface area contributed by atoms with Crippen molar-refractivity contribution < 1.29 is 9.90 Å². The second-order valence-electron chi connectivity index (χ2n) is 6.64. The summed E-state index contributed by atoms with van der Waals surface area (Å²) in [5.41, 5.74) is 1.71. The van der Waals surface area contributed by atoms with Gasteiger partial charge in [0.1, 0.15) is 6.04 Å². The third-order valence-electron chi connectivity index (χ3n) is 4.79. The molecule has 140 valence electrons. The average molecular weight is 385 g/mol. The number of aromatic nitrogens is 1.